The van der Waals surface area contributed by atoms with Gasteiger partial charge < -0.3 is 24.6 Å². The van der Waals surface area contributed by atoms with E-state index in [0.29, 0.717) is 39.0 Å². The predicted octanol–water partition coefficient (Wildman–Crippen LogP) is 3.44. The van der Waals surface area contributed by atoms with E-state index < -0.39 is 12.1 Å². The van der Waals surface area contributed by atoms with Crippen LogP contribution in [0, 0.1) is 5.41 Å². The quantitative estimate of drug-likeness (QED) is 0.592. The SMILES string of the molecule is CCOC(=O)NC(Cc1ccccc1)C(=O)N1CCC2(CCN(C(=O)Cc3cccc(OC)c3)CC2)C1. The van der Waals surface area contributed by atoms with Crippen LogP contribution in [0.5, 0.6) is 5.75 Å². The summed E-state index contributed by atoms with van der Waals surface area (Å²) < 4.78 is 10.3. The van der Waals surface area contributed by atoms with Gasteiger partial charge in [-0.3, -0.25) is 9.59 Å². The van der Waals surface area contributed by atoms with Gasteiger partial charge in [-0.2, -0.15) is 0 Å². The zero-order chi connectivity index (χ0) is 26.3. The molecule has 2 saturated heterocycles. The summed E-state index contributed by atoms with van der Waals surface area (Å²) in [4.78, 5) is 42.5. The van der Waals surface area contributed by atoms with Crippen LogP contribution < -0.4 is 10.1 Å². The van der Waals surface area contributed by atoms with Gasteiger partial charge in [0.25, 0.3) is 0 Å². The van der Waals surface area contributed by atoms with Crippen LogP contribution >= 0.6 is 0 Å². The molecule has 0 saturated carbocycles. The van der Waals surface area contributed by atoms with Gasteiger partial charge in [-0.05, 0) is 54.9 Å². The highest BCUT2D eigenvalue weighted by atomic mass is 16.5. The highest BCUT2D eigenvalue weighted by Gasteiger charge is 2.44. The van der Waals surface area contributed by atoms with Crippen LogP contribution in [0.25, 0.3) is 0 Å². The third-order valence-corrected chi connectivity index (χ3v) is 7.56. The Balaban J connectivity index is 1.34. The molecule has 0 aromatic heterocycles. The lowest BCUT2D eigenvalue weighted by atomic mass is 9.77. The molecule has 2 fully saturated rings. The van der Waals surface area contributed by atoms with E-state index in [4.69, 9.17) is 9.47 Å². The number of nitrogens with zero attached hydrogens (tertiary/aromatic N) is 2. The van der Waals surface area contributed by atoms with Crippen LogP contribution in [0.3, 0.4) is 0 Å². The molecular formula is C29H37N3O5. The zero-order valence-corrected chi connectivity index (χ0v) is 21.8. The number of carbonyl (C=O) groups is 3. The Morgan fingerprint density at radius 1 is 0.946 bits per heavy atom. The summed E-state index contributed by atoms with van der Waals surface area (Å²) in [6, 6.07) is 16.6. The third kappa shape index (κ3) is 6.81. The second-order valence-electron chi connectivity index (χ2n) is 10.0. The van der Waals surface area contributed by atoms with E-state index in [1.54, 1.807) is 14.0 Å². The summed E-state index contributed by atoms with van der Waals surface area (Å²) in [5.74, 6) is 0.794. The maximum atomic E-state index is 13.5. The van der Waals surface area contributed by atoms with Gasteiger partial charge in [-0.25, -0.2) is 4.79 Å². The highest BCUT2D eigenvalue weighted by molar-refractivity contribution is 5.86. The number of carbonyl (C=O) groups excluding carboxylic acids is 3. The first-order valence-electron chi connectivity index (χ1n) is 13.1. The Labute approximate surface area is 218 Å². The summed E-state index contributed by atoms with van der Waals surface area (Å²) in [7, 11) is 1.62. The number of hydrogen-bond donors (Lipinski definition) is 1. The predicted molar refractivity (Wildman–Crippen MR) is 140 cm³/mol. The molecular weight excluding hydrogens is 470 g/mol. The molecule has 8 heteroatoms. The van der Waals surface area contributed by atoms with Crippen molar-refractivity contribution in [1.29, 1.82) is 0 Å². The molecule has 2 aromatic rings. The van der Waals surface area contributed by atoms with Gasteiger partial charge in [0.1, 0.15) is 11.8 Å². The van der Waals surface area contributed by atoms with Crippen molar-refractivity contribution in [2.24, 2.45) is 5.41 Å². The second-order valence-corrected chi connectivity index (χ2v) is 10.0. The fourth-order valence-electron chi connectivity index (χ4n) is 5.42. The minimum absolute atomic E-state index is 0.0175. The minimum Gasteiger partial charge on any atom is -0.497 e. The lowest BCUT2D eigenvalue weighted by molar-refractivity contribution is -0.135. The molecule has 1 unspecified atom stereocenters. The number of methoxy groups -OCH3 is 1. The standard InChI is InChI=1S/C29H37N3O5/c1-3-37-28(35)30-25(19-22-8-5-4-6-9-22)27(34)32-17-14-29(21-32)12-15-31(16-13-29)26(33)20-23-10-7-11-24(18-23)36-2/h4-11,18,25H,3,12-17,19-21H2,1-2H3,(H,30,35). The number of likely N-dealkylation sites (tertiary alicyclic amines) is 2. The zero-order valence-electron chi connectivity index (χ0n) is 21.8. The van der Waals surface area contributed by atoms with Crippen LogP contribution in [0.15, 0.2) is 54.6 Å². The van der Waals surface area contributed by atoms with Gasteiger partial charge in [0.15, 0.2) is 0 Å². The van der Waals surface area contributed by atoms with Crippen LogP contribution in [-0.2, 0) is 27.2 Å². The average Bonchev–Trinajstić information content (AvgIpc) is 3.32. The number of nitrogens with one attached hydrogen (secondary N) is 1. The third-order valence-electron chi connectivity index (χ3n) is 7.56. The molecule has 1 atom stereocenters. The van der Waals surface area contributed by atoms with E-state index in [1.165, 1.54) is 0 Å². The fourth-order valence-corrected chi connectivity index (χ4v) is 5.42. The van der Waals surface area contributed by atoms with Crippen molar-refractivity contribution in [2.45, 2.75) is 45.1 Å². The Bertz CT molecular complexity index is 1080. The number of ether oxygens (including phenoxy) is 2. The van der Waals surface area contributed by atoms with Crippen molar-refractivity contribution in [1.82, 2.24) is 15.1 Å². The molecule has 4 rings (SSSR count). The van der Waals surface area contributed by atoms with Gasteiger partial charge in [0.2, 0.25) is 11.8 Å². The molecule has 2 aliphatic heterocycles. The second kappa shape index (κ2) is 12.1. The van der Waals surface area contributed by atoms with Crippen LogP contribution in [0.2, 0.25) is 0 Å². The van der Waals surface area contributed by atoms with Gasteiger partial charge in [-0.1, -0.05) is 42.5 Å². The molecule has 0 bridgehead atoms. The molecule has 2 heterocycles. The number of amides is 3. The van der Waals surface area contributed by atoms with Crippen molar-refractivity contribution >= 4 is 17.9 Å². The van der Waals surface area contributed by atoms with Crippen LogP contribution in [-0.4, -0.2) is 73.6 Å². The van der Waals surface area contributed by atoms with E-state index in [0.717, 1.165) is 36.1 Å². The first-order chi connectivity index (χ1) is 17.9. The summed E-state index contributed by atoms with van der Waals surface area (Å²) in [6.07, 6.45) is 2.84. The summed E-state index contributed by atoms with van der Waals surface area (Å²) in [5, 5.41) is 2.77. The largest absolute Gasteiger partial charge is 0.497 e. The first-order valence-corrected chi connectivity index (χ1v) is 13.1. The van der Waals surface area contributed by atoms with Crippen molar-refractivity contribution in [3.8, 4) is 5.75 Å². The number of hydrogen-bond acceptors (Lipinski definition) is 5. The Hall–Kier alpha value is -3.55. The van der Waals surface area contributed by atoms with Crippen molar-refractivity contribution in [2.75, 3.05) is 39.9 Å². The van der Waals surface area contributed by atoms with E-state index in [2.05, 4.69) is 5.32 Å². The summed E-state index contributed by atoms with van der Waals surface area (Å²) >= 11 is 0. The minimum atomic E-state index is -0.680. The number of benzene rings is 2. The maximum absolute atomic E-state index is 13.5. The molecule has 3 amide bonds. The lowest BCUT2D eigenvalue weighted by Gasteiger charge is -2.39. The molecule has 0 aliphatic carbocycles. The molecule has 2 aromatic carbocycles. The Morgan fingerprint density at radius 2 is 1.62 bits per heavy atom. The monoisotopic (exact) mass is 507 g/mol. The number of rotatable bonds is 8. The van der Waals surface area contributed by atoms with Crippen molar-refractivity contribution in [3.63, 3.8) is 0 Å². The Kier molecular flexibility index (Phi) is 8.69. The normalized spacial score (nSPS) is 17.4. The van der Waals surface area contributed by atoms with E-state index in [9.17, 15) is 14.4 Å². The highest BCUT2D eigenvalue weighted by Crippen LogP contribution is 2.40. The topological polar surface area (TPSA) is 88.2 Å². The Morgan fingerprint density at radius 3 is 2.30 bits per heavy atom. The molecule has 198 valence electrons. The summed E-state index contributed by atoms with van der Waals surface area (Å²) in [5.41, 5.74) is 1.94. The molecule has 8 nitrogen and oxygen atoms in total. The van der Waals surface area contributed by atoms with Gasteiger partial charge in [0.05, 0.1) is 20.1 Å². The molecule has 1 N–H and O–H groups in total. The number of piperidine rings is 1. The maximum Gasteiger partial charge on any atom is 0.407 e. The molecule has 2 aliphatic rings. The van der Waals surface area contributed by atoms with E-state index >= 15 is 0 Å². The fraction of sp³-hybridized carbons (Fsp3) is 0.483. The van der Waals surface area contributed by atoms with Gasteiger partial charge >= 0.3 is 6.09 Å². The van der Waals surface area contributed by atoms with Crippen LogP contribution in [0.1, 0.15) is 37.3 Å². The van der Waals surface area contributed by atoms with Gasteiger partial charge in [0, 0.05) is 32.6 Å². The van der Waals surface area contributed by atoms with Crippen molar-refractivity contribution < 1.29 is 23.9 Å². The van der Waals surface area contributed by atoms with Crippen molar-refractivity contribution in [3.05, 3.63) is 65.7 Å². The van der Waals surface area contributed by atoms with Crippen LogP contribution in [0.4, 0.5) is 4.79 Å². The summed E-state index contributed by atoms with van der Waals surface area (Å²) in [6.45, 7) is 4.69. The average molecular weight is 508 g/mol. The first kappa shape index (κ1) is 26.5. The smallest absolute Gasteiger partial charge is 0.407 e. The lowest BCUT2D eigenvalue weighted by Crippen LogP contribution is -2.50. The van der Waals surface area contributed by atoms with E-state index in [1.807, 2.05) is 64.4 Å². The number of alkyl carbamates (subject to hydrolysis) is 1. The molecule has 1 spiro atoms. The van der Waals surface area contributed by atoms with Gasteiger partial charge in [-0.15, -0.1) is 0 Å². The molecule has 37 heavy (non-hydrogen) atoms. The molecule has 0 radical (unpaired) electrons. The van der Waals surface area contributed by atoms with E-state index in [-0.39, 0.29) is 23.8 Å².